The molecule has 1 saturated heterocycles. The summed E-state index contributed by atoms with van der Waals surface area (Å²) in [5, 5.41) is 2.76. The third-order valence-electron chi connectivity index (χ3n) is 4.13. The summed E-state index contributed by atoms with van der Waals surface area (Å²) < 4.78 is 22.2. The van der Waals surface area contributed by atoms with Gasteiger partial charge in [-0.3, -0.25) is 9.69 Å². The van der Waals surface area contributed by atoms with Crippen LogP contribution < -0.4 is 10.2 Å². The fraction of sp³-hybridized carbons (Fsp3) is 0.176. The topological polar surface area (TPSA) is 78.4 Å². The number of fused-ring (bicyclic) bond motifs is 1. The Labute approximate surface area is 152 Å². The van der Waals surface area contributed by atoms with E-state index >= 15 is 0 Å². The van der Waals surface area contributed by atoms with Gasteiger partial charge in [-0.2, -0.15) is 8.75 Å². The number of benzene rings is 2. The molecule has 7 nitrogen and oxygen atoms in total. The van der Waals surface area contributed by atoms with Gasteiger partial charge in [0.1, 0.15) is 23.4 Å². The van der Waals surface area contributed by atoms with Crippen molar-refractivity contribution in [3.8, 4) is 0 Å². The molecule has 1 N–H and O–H groups in total. The van der Waals surface area contributed by atoms with Crippen LogP contribution in [0.25, 0.3) is 11.0 Å². The number of nitrogens with zero attached hydrogens (tertiary/aromatic N) is 4. The van der Waals surface area contributed by atoms with Crippen molar-refractivity contribution in [2.24, 2.45) is 0 Å². The van der Waals surface area contributed by atoms with E-state index in [1.807, 2.05) is 6.07 Å². The van der Waals surface area contributed by atoms with Gasteiger partial charge in [0.2, 0.25) is 5.91 Å². The summed E-state index contributed by atoms with van der Waals surface area (Å²) in [6.45, 7) is 0.569. The molecule has 0 aliphatic carbocycles. The van der Waals surface area contributed by atoms with Crippen LogP contribution in [0.15, 0.2) is 42.5 Å². The molecular weight excluding hydrogens is 357 g/mol. The highest BCUT2D eigenvalue weighted by Gasteiger charge is 2.32. The van der Waals surface area contributed by atoms with Gasteiger partial charge in [0.05, 0.1) is 23.1 Å². The molecule has 0 atom stereocenters. The lowest BCUT2D eigenvalue weighted by atomic mass is 10.2. The minimum absolute atomic E-state index is 0.113. The molecule has 1 fully saturated rings. The van der Waals surface area contributed by atoms with Crippen molar-refractivity contribution in [2.45, 2.75) is 0 Å². The molecule has 0 radical (unpaired) electrons. The summed E-state index contributed by atoms with van der Waals surface area (Å²) in [5.74, 6) is -0.802. The number of carbonyl (C=O) groups is 2. The molecular formula is C17H14FN5O2S. The maximum atomic E-state index is 13.9. The quantitative estimate of drug-likeness (QED) is 0.765. The normalized spacial score (nSPS) is 14.3. The van der Waals surface area contributed by atoms with E-state index in [0.717, 1.165) is 11.7 Å². The highest BCUT2D eigenvalue weighted by Crippen LogP contribution is 2.24. The van der Waals surface area contributed by atoms with Gasteiger partial charge in [-0.05, 0) is 24.3 Å². The van der Waals surface area contributed by atoms with Gasteiger partial charge in [-0.25, -0.2) is 9.18 Å². The molecule has 1 aromatic heterocycles. The number of rotatable bonds is 4. The van der Waals surface area contributed by atoms with Crippen molar-refractivity contribution >= 4 is 46.1 Å². The molecule has 3 aromatic rings. The van der Waals surface area contributed by atoms with Gasteiger partial charge in [0.25, 0.3) is 0 Å². The Morgan fingerprint density at radius 3 is 2.85 bits per heavy atom. The van der Waals surface area contributed by atoms with E-state index in [1.54, 1.807) is 30.3 Å². The highest BCUT2D eigenvalue weighted by atomic mass is 32.1. The number of aromatic nitrogens is 2. The van der Waals surface area contributed by atoms with Crippen molar-refractivity contribution in [1.82, 2.24) is 13.6 Å². The first-order valence-electron chi connectivity index (χ1n) is 7.95. The van der Waals surface area contributed by atoms with Crippen LogP contribution in [-0.4, -0.2) is 45.2 Å². The minimum atomic E-state index is -0.463. The van der Waals surface area contributed by atoms with E-state index in [9.17, 15) is 14.0 Å². The number of urea groups is 1. The Balaban J connectivity index is 1.45. The molecule has 1 aliphatic heterocycles. The summed E-state index contributed by atoms with van der Waals surface area (Å²) in [5.41, 5.74) is 2.10. The van der Waals surface area contributed by atoms with Crippen LogP contribution in [0.1, 0.15) is 0 Å². The fourth-order valence-electron chi connectivity index (χ4n) is 2.89. The van der Waals surface area contributed by atoms with Crippen molar-refractivity contribution < 1.29 is 14.0 Å². The van der Waals surface area contributed by atoms with Crippen molar-refractivity contribution in [2.75, 3.05) is 29.9 Å². The molecule has 0 bridgehead atoms. The second kappa shape index (κ2) is 6.68. The first-order valence-corrected chi connectivity index (χ1v) is 8.68. The average molecular weight is 371 g/mol. The predicted octanol–water partition coefficient (Wildman–Crippen LogP) is 2.71. The average Bonchev–Trinajstić information content (AvgIpc) is 3.24. The molecule has 2 heterocycles. The van der Waals surface area contributed by atoms with Crippen LogP contribution in [0, 0.1) is 5.82 Å². The number of amides is 3. The number of hydrogen-bond donors (Lipinski definition) is 1. The summed E-state index contributed by atoms with van der Waals surface area (Å²) in [6.07, 6.45) is 0. The van der Waals surface area contributed by atoms with E-state index < -0.39 is 11.8 Å². The Morgan fingerprint density at radius 1 is 1.15 bits per heavy atom. The first-order chi connectivity index (χ1) is 12.6. The second-order valence-corrected chi connectivity index (χ2v) is 6.32. The van der Waals surface area contributed by atoms with Crippen molar-refractivity contribution in [3.63, 3.8) is 0 Å². The Morgan fingerprint density at radius 2 is 2.00 bits per heavy atom. The number of hydrogen-bond acceptors (Lipinski definition) is 5. The Kier molecular flexibility index (Phi) is 4.21. The predicted molar refractivity (Wildman–Crippen MR) is 96.8 cm³/mol. The SMILES string of the molecule is O=C(CN1CCN(c2ccccc2F)C1=O)Nc1cccc2nsnc12. The number of anilines is 2. The molecule has 0 unspecified atom stereocenters. The van der Waals surface area contributed by atoms with Crippen LogP contribution in [0.5, 0.6) is 0 Å². The van der Waals surface area contributed by atoms with Gasteiger partial charge in [-0.1, -0.05) is 18.2 Å². The molecule has 2 aromatic carbocycles. The maximum Gasteiger partial charge on any atom is 0.325 e. The molecule has 1 aliphatic rings. The van der Waals surface area contributed by atoms with Gasteiger partial charge >= 0.3 is 6.03 Å². The zero-order chi connectivity index (χ0) is 18.1. The minimum Gasteiger partial charge on any atom is -0.323 e. The van der Waals surface area contributed by atoms with Crippen LogP contribution in [0.3, 0.4) is 0 Å². The number of para-hydroxylation sites is 1. The lowest BCUT2D eigenvalue weighted by Gasteiger charge is -2.18. The molecule has 4 rings (SSSR count). The number of halogens is 1. The Bertz CT molecular complexity index is 992. The molecule has 3 amide bonds. The third kappa shape index (κ3) is 2.97. The lowest BCUT2D eigenvalue weighted by molar-refractivity contribution is -0.116. The molecule has 9 heteroatoms. The largest absolute Gasteiger partial charge is 0.325 e. The summed E-state index contributed by atoms with van der Waals surface area (Å²) in [4.78, 5) is 27.6. The van der Waals surface area contributed by atoms with Crippen LogP contribution in [0.2, 0.25) is 0 Å². The van der Waals surface area contributed by atoms with E-state index in [0.29, 0.717) is 29.8 Å². The Hall–Kier alpha value is -3.07. The van der Waals surface area contributed by atoms with E-state index in [-0.39, 0.29) is 18.1 Å². The summed E-state index contributed by atoms with van der Waals surface area (Å²) in [6, 6.07) is 11.0. The second-order valence-electron chi connectivity index (χ2n) is 5.79. The van der Waals surface area contributed by atoms with Crippen LogP contribution in [-0.2, 0) is 4.79 Å². The van der Waals surface area contributed by atoms with E-state index in [4.69, 9.17) is 0 Å². The summed E-state index contributed by atoms with van der Waals surface area (Å²) in [7, 11) is 0. The zero-order valence-corrected chi connectivity index (χ0v) is 14.4. The maximum absolute atomic E-state index is 13.9. The standard InChI is InChI=1S/C17H14FN5O2S/c18-11-4-1-2-7-14(11)23-9-8-22(17(23)25)10-15(24)19-12-5-3-6-13-16(12)21-26-20-13/h1-7H,8-10H2,(H,19,24). The third-order valence-corrected chi connectivity index (χ3v) is 4.68. The fourth-order valence-corrected chi connectivity index (χ4v) is 3.44. The zero-order valence-electron chi connectivity index (χ0n) is 13.6. The monoisotopic (exact) mass is 371 g/mol. The van der Waals surface area contributed by atoms with E-state index in [1.165, 1.54) is 15.9 Å². The van der Waals surface area contributed by atoms with Gasteiger partial charge < -0.3 is 10.2 Å². The molecule has 26 heavy (non-hydrogen) atoms. The first kappa shape index (κ1) is 16.4. The van der Waals surface area contributed by atoms with E-state index in [2.05, 4.69) is 14.1 Å². The number of carbonyl (C=O) groups excluding carboxylic acids is 2. The summed E-state index contributed by atoms with van der Waals surface area (Å²) >= 11 is 1.07. The lowest BCUT2D eigenvalue weighted by Crippen LogP contribution is -2.37. The van der Waals surface area contributed by atoms with Crippen LogP contribution in [0.4, 0.5) is 20.6 Å². The molecule has 0 saturated carbocycles. The van der Waals surface area contributed by atoms with Gasteiger partial charge in [-0.15, -0.1) is 0 Å². The highest BCUT2D eigenvalue weighted by molar-refractivity contribution is 7.00. The van der Waals surface area contributed by atoms with Gasteiger partial charge in [0.15, 0.2) is 0 Å². The van der Waals surface area contributed by atoms with Crippen molar-refractivity contribution in [3.05, 3.63) is 48.3 Å². The van der Waals surface area contributed by atoms with Crippen molar-refractivity contribution in [1.29, 1.82) is 0 Å². The van der Waals surface area contributed by atoms with Crippen LogP contribution >= 0.6 is 11.7 Å². The van der Waals surface area contributed by atoms with Gasteiger partial charge in [0, 0.05) is 13.1 Å². The molecule has 132 valence electrons. The number of nitrogens with one attached hydrogen (secondary N) is 1. The smallest absolute Gasteiger partial charge is 0.323 e. The molecule has 0 spiro atoms.